The second kappa shape index (κ2) is 8.51. The van der Waals surface area contributed by atoms with Gasteiger partial charge >= 0.3 is 0 Å². The van der Waals surface area contributed by atoms with E-state index in [9.17, 15) is 4.79 Å². The van der Waals surface area contributed by atoms with Gasteiger partial charge in [0.05, 0.1) is 13.2 Å². The summed E-state index contributed by atoms with van der Waals surface area (Å²) in [7, 11) is 5.56. The van der Waals surface area contributed by atoms with Crippen LogP contribution in [0.15, 0.2) is 0 Å². The third-order valence-electron chi connectivity index (χ3n) is 3.86. The van der Waals surface area contributed by atoms with Gasteiger partial charge in [0, 0.05) is 33.8 Å². The maximum absolute atomic E-state index is 12.1. The summed E-state index contributed by atoms with van der Waals surface area (Å²) >= 11 is 0. The van der Waals surface area contributed by atoms with Crippen molar-refractivity contribution in [1.29, 1.82) is 0 Å². The van der Waals surface area contributed by atoms with Crippen molar-refractivity contribution in [2.24, 2.45) is 5.92 Å². The van der Waals surface area contributed by atoms with Crippen molar-refractivity contribution in [1.82, 2.24) is 14.7 Å². The lowest BCUT2D eigenvalue weighted by atomic mass is 10.1. The highest BCUT2D eigenvalue weighted by Crippen LogP contribution is 2.16. The molecule has 0 aromatic rings. The number of ether oxygens (including phenoxy) is 1. The Morgan fingerprint density at radius 2 is 2.16 bits per heavy atom. The molecular weight excluding hydrogens is 242 g/mol. The molecule has 5 heteroatoms. The smallest absolute Gasteiger partial charge is 0.236 e. The molecule has 1 rings (SSSR count). The van der Waals surface area contributed by atoms with Crippen LogP contribution < -0.4 is 0 Å². The summed E-state index contributed by atoms with van der Waals surface area (Å²) in [6.07, 6.45) is 1.21. The lowest BCUT2D eigenvalue weighted by Gasteiger charge is -2.24. The fraction of sp³-hybridized carbons (Fsp3) is 0.929. The van der Waals surface area contributed by atoms with E-state index >= 15 is 0 Å². The van der Waals surface area contributed by atoms with E-state index in [2.05, 4.69) is 11.8 Å². The van der Waals surface area contributed by atoms with Gasteiger partial charge in [-0.2, -0.15) is 0 Å². The number of hydrogen-bond acceptors (Lipinski definition) is 4. The van der Waals surface area contributed by atoms with Gasteiger partial charge in [0.15, 0.2) is 0 Å². The normalized spacial score (nSPS) is 20.2. The quantitative estimate of drug-likeness (QED) is 0.639. The number of likely N-dealkylation sites (N-methyl/N-ethyl adjacent to an activating group) is 2. The fourth-order valence-corrected chi connectivity index (χ4v) is 2.52. The highest BCUT2D eigenvalue weighted by Gasteiger charge is 2.24. The molecule has 1 aliphatic rings. The minimum atomic E-state index is 0.202. The lowest BCUT2D eigenvalue weighted by Crippen LogP contribution is -2.40. The summed E-state index contributed by atoms with van der Waals surface area (Å²) in [5.74, 6) is 0.840. The summed E-state index contributed by atoms with van der Waals surface area (Å²) in [4.78, 5) is 18.4. The number of hydrogen-bond donors (Lipinski definition) is 0. The highest BCUT2D eigenvalue weighted by molar-refractivity contribution is 5.77. The molecule has 1 atom stereocenters. The molecule has 0 aliphatic carbocycles. The maximum Gasteiger partial charge on any atom is 0.236 e. The van der Waals surface area contributed by atoms with Gasteiger partial charge in [0.2, 0.25) is 5.91 Å². The van der Waals surface area contributed by atoms with Crippen molar-refractivity contribution < 1.29 is 9.53 Å². The number of rotatable bonds is 8. The topological polar surface area (TPSA) is 36.0 Å². The SMILES string of the molecule is CCN1CCC(CN(C)C(=O)CN(C)CCOC)C1. The number of nitrogens with zero attached hydrogens (tertiary/aromatic N) is 3. The number of carbonyl (C=O) groups is 1. The summed E-state index contributed by atoms with van der Waals surface area (Å²) in [6.45, 7) is 8.45. The van der Waals surface area contributed by atoms with Gasteiger partial charge < -0.3 is 14.5 Å². The molecule has 0 bridgehead atoms. The van der Waals surface area contributed by atoms with E-state index in [0.29, 0.717) is 19.1 Å². The van der Waals surface area contributed by atoms with Crippen LogP contribution >= 0.6 is 0 Å². The lowest BCUT2D eigenvalue weighted by molar-refractivity contribution is -0.131. The monoisotopic (exact) mass is 271 g/mol. The van der Waals surface area contributed by atoms with Gasteiger partial charge in [0.25, 0.3) is 0 Å². The first-order valence-corrected chi connectivity index (χ1v) is 7.20. The summed E-state index contributed by atoms with van der Waals surface area (Å²) in [5, 5.41) is 0. The Labute approximate surface area is 117 Å². The van der Waals surface area contributed by atoms with Gasteiger partial charge in [0.1, 0.15) is 0 Å². The average Bonchev–Trinajstić information content (AvgIpc) is 2.83. The van der Waals surface area contributed by atoms with E-state index in [1.807, 2.05) is 23.9 Å². The van der Waals surface area contributed by atoms with Gasteiger partial charge in [-0.05, 0) is 32.5 Å². The van der Waals surface area contributed by atoms with Crippen molar-refractivity contribution in [3.63, 3.8) is 0 Å². The molecule has 1 amide bonds. The Morgan fingerprint density at radius 3 is 2.74 bits per heavy atom. The van der Waals surface area contributed by atoms with Crippen molar-refractivity contribution >= 4 is 5.91 Å². The van der Waals surface area contributed by atoms with Crippen LogP contribution in [0.2, 0.25) is 0 Å². The largest absolute Gasteiger partial charge is 0.383 e. The zero-order valence-electron chi connectivity index (χ0n) is 12.9. The van der Waals surface area contributed by atoms with E-state index in [0.717, 1.165) is 26.2 Å². The summed E-state index contributed by atoms with van der Waals surface area (Å²) < 4.78 is 5.01. The number of likely N-dealkylation sites (tertiary alicyclic amines) is 1. The summed E-state index contributed by atoms with van der Waals surface area (Å²) in [5.41, 5.74) is 0. The minimum absolute atomic E-state index is 0.202. The first-order valence-electron chi connectivity index (χ1n) is 7.20. The van der Waals surface area contributed by atoms with E-state index in [1.165, 1.54) is 13.0 Å². The third-order valence-corrected chi connectivity index (χ3v) is 3.86. The second-order valence-corrected chi connectivity index (χ2v) is 5.55. The van der Waals surface area contributed by atoms with Gasteiger partial charge in [-0.1, -0.05) is 6.92 Å². The molecule has 0 aromatic carbocycles. The van der Waals surface area contributed by atoms with Crippen LogP contribution in [0.25, 0.3) is 0 Å². The number of methoxy groups -OCH3 is 1. The first kappa shape index (κ1) is 16.4. The first-order chi connectivity index (χ1) is 9.06. The Balaban J connectivity index is 2.25. The van der Waals surface area contributed by atoms with Gasteiger partial charge in [-0.3, -0.25) is 9.69 Å². The average molecular weight is 271 g/mol. The second-order valence-electron chi connectivity index (χ2n) is 5.55. The highest BCUT2D eigenvalue weighted by atomic mass is 16.5. The molecule has 19 heavy (non-hydrogen) atoms. The molecule has 1 unspecified atom stereocenters. The standard InChI is InChI=1S/C14H29N3O2/c1-5-17-7-6-13(11-17)10-16(3)14(18)12-15(2)8-9-19-4/h13H,5-12H2,1-4H3. The molecule has 112 valence electrons. The van der Waals surface area contributed by atoms with Crippen molar-refractivity contribution in [2.45, 2.75) is 13.3 Å². The fourth-order valence-electron chi connectivity index (χ4n) is 2.52. The maximum atomic E-state index is 12.1. The Kier molecular flexibility index (Phi) is 7.34. The van der Waals surface area contributed by atoms with Gasteiger partial charge in [-0.25, -0.2) is 0 Å². The molecular formula is C14H29N3O2. The van der Waals surface area contributed by atoms with Crippen molar-refractivity contribution in [2.75, 3.05) is 67.1 Å². The molecule has 0 spiro atoms. The van der Waals surface area contributed by atoms with E-state index < -0.39 is 0 Å². The van der Waals surface area contributed by atoms with Crippen LogP contribution in [0.1, 0.15) is 13.3 Å². The van der Waals surface area contributed by atoms with Gasteiger partial charge in [-0.15, -0.1) is 0 Å². The van der Waals surface area contributed by atoms with Crippen LogP contribution in [0.5, 0.6) is 0 Å². The molecule has 0 N–H and O–H groups in total. The predicted molar refractivity (Wildman–Crippen MR) is 77.2 cm³/mol. The predicted octanol–water partition coefficient (Wildman–Crippen LogP) is 0.365. The van der Waals surface area contributed by atoms with Crippen LogP contribution in [0, 0.1) is 5.92 Å². The molecule has 1 saturated heterocycles. The molecule has 1 fully saturated rings. The number of amides is 1. The Hall–Kier alpha value is -0.650. The molecule has 1 aliphatic heterocycles. The van der Waals surface area contributed by atoms with Crippen LogP contribution in [0.4, 0.5) is 0 Å². The van der Waals surface area contributed by atoms with E-state index in [4.69, 9.17) is 4.74 Å². The molecule has 1 heterocycles. The molecule has 0 saturated carbocycles. The van der Waals surface area contributed by atoms with Crippen LogP contribution in [-0.4, -0.2) is 87.7 Å². The summed E-state index contributed by atoms with van der Waals surface area (Å²) in [6, 6.07) is 0. The molecule has 5 nitrogen and oxygen atoms in total. The zero-order valence-corrected chi connectivity index (χ0v) is 12.9. The van der Waals surface area contributed by atoms with E-state index in [1.54, 1.807) is 7.11 Å². The molecule has 0 radical (unpaired) electrons. The zero-order chi connectivity index (χ0) is 14.3. The van der Waals surface area contributed by atoms with Crippen molar-refractivity contribution in [3.8, 4) is 0 Å². The Morgan fingerprint density at radius 1 is 1.42 bits per heavy atom. The minimum Gasteiger partial charge on any atom is -0.383 e. The third kappa shape index (κ3) is 5.89. The van der Waals surface area contributed by atoms with Crippen LogP contribution in [0.3, 0.4) is 0 Å². The van der Waals surface area contributed by atoms with Crippen LogP contribution in [-0.2, 0) is 9.53 Å². The molecule has 0 aromatic heterocycles. The number of carbonyl (C=O) groups excluding carboxylic acids is 1. The Bertz CT molecular complexity index is 273. The van der Waals surface area contributed by atoms with Crippen molar-refractivity contribution in [3.05, 3.63) is 0 Å². The van der Waals surface area contributed by atoms with E-state index in [-0.39, 0.29) is 5.91 Å².